The van der Waals surface area contributed by atoms with E-state index < -0.39 is 5.91 Å². The maximum Gasteiger partial charge on any atom is 0.255 e. The van der Waals surface area contributed by atoms with Crippen molar-refractivity contribution in [1.82, 2.24) is 0 Å². The normalized spacial score (nSPS) is 10.2. The van der Waals surface area contributed by atoms with E-state index in [-0.39, 0.29) is 6.61 Å². The van der Waals surface area contributed by atoms with Gasteiger partial charge in [-0.1, -0.05) is 18.2 Å². The third kappa shape index (κ3) is 4.84. The fourth-order valence-corrected chi connectivity index (χ4v) is 2.14. The second-order valence-corrected chi connectivity index (χ2v) is 5.13. The molecule has 2 rings (SSSR count). The number of aryl methyl sites for hydroxylation is 2. The van der Waals surface area contributed by atoms with Crippen LogP contribution in [0.5, 0.6) is 5.75 Å². The highest BCUT2D eigenvalue weighted by atomic mass is 16.5. The fraction of sp³-hybridized carbons (Fsp3) is 0.235. The van der Waals surface area contributed by atoms with Crippen molar-refractivity contribution < 1.29 is 9.53 Å². The van der Waals surface area contributed by atoms with Gasteiger partial charge in [-0.25, -0.2) is 0 Å². The van der Waals surface area contributed by atoms with Crippen LogP contribution in [0, 0.1) is 13.8 Å². The van der Waals surface area contributed by atoms with Gasteiger partial charge in [0.25, 0.3) is 5.91 Å². The van der Waals surface area contributed by atoms with Gasteiger partial charge in [-0.2, -0.15) is 0 Å². The van der Waals surface area contributed by atoms with Gasteiger partial charge < -0.3 is 15.8 Å². The Morgan fingerprint density at radius 3 is 2.29 bits per heavy atom. The maximum absolute atomic E-state index is 10.6. The lowest BCUT2D eigenvalue weighted by molar-refractivity contribution is -0.119. The molecule has 1 amide bonds. The second kappa shape index (κ2) is 6.79. The Kier molecular flexibility index (Phi) is 4.82. The topological polar surface area (TPSA) is 64.3 Å². The van der Waals surface area contributed by atoms with Crippen molar-refractivity contribution in [2.45, 2.75) is 20.4 Å². The molecule has 110 valence electrons. The monoisotopic (exact) mass is 284 g/mol. The van der Waals surface area contributed by atoms with Gasteiger partial charge in [-0.3, -0.25) is 4.79 Å². The molecule has 0 bridgehead atoms. The van der Waals surface area contributed by atoms with Crippen LogP contribution in [-0.2, 0) is 11.3 Å². The van der Waals surface area contributed by atoms with Crippen molar-refractivity contribution in [2.24, 2.45) is 5.73 Å². The minimum absolute atomic E-state index is 0.0971. The SMILES string of the molecule is Cc1cc(C)cc(NCc2ccc(OCC(N)=O)cc2)c1. The Balaban J connectivity index is 1.92. The highest BCUT2D eigenvalue weighted by molar-refractivity contribution is 5.75. The van der Waals surface area contributed by atoms with Gasteiger partial charge in [0.15, 0.2) is 6.61 Å². The minimum atomic E-state index is -0.476. The zero-order valence-electron chi connectivity index (χ0n) is 12.3. The first-order chi connectivity index (χ1) is 10.0. The number of primary amides is 1. The third-order valence-corrected chi connectivity index (χ3v) is 3.02. The number of benzene rings is 2. The molecule has 2 aromatic rings. The molecule has 0 heterocycles. The van der Waals surface area contributed by atoms with Gasteiger partial charge in [0.2, 0.25) is 0 Å². The molecule has 0 radical (unpaired) electrons. The van der Waals surface area contributed by atoms with Crippen molar-refractivity contribution in [1.29, 1.82) is 0 Å². The lowest BCUT2D eigenvalue weighted by atomic mass is 10.1. The zero-order valence-corrected chi connectivity index (χ0v) is 12.3. The van der Waals surface area contributed by atoms with Crippen LogP contribution in [0.2, 0.25) is 0 Å². The Bertz CT molecular complexity index is 601. The molecule has 3 N–H and O–H groups in total. The van der Waals surface area contributed by atoms with E-state index in [1.165, 1.54) is 11.1 Å². The van der Waals surface area contributed by atoms with Crippen molar-refractivity contribution in [3.63, 3.8) is 0 Å². The summed E-state index contributed by atoms with van der Waals surface area (Å²) in [5.74, 6) is 0.166. The van der Waals surface area contributed by atoms with E-state index in [0.29, 0.717) is 5.75 Å². The number of hydrogen-bond acceptors (Lipinski definition) is 3. The first-order valence-corrected chi connectivity index (χ1v) is 6.85. The van der Waals surface area contributed by atoms with Crippen LogP contribution in [0.25, 0.3) is 0 Å². The van der Waals surface area contributed by atoms with Crippen molar-refractivity contribution in [2.75, 3.05) is 11.9 Å². The number of hydrogen-bond donors (Lipinski definition) is 2. The molecule has 0 aliphatic heterocycles. The van der Waals surface area contributed by atoms with E-state index in [0.717, 1.165) is 17.8 Å². The number of amides is 1. The van der Waals surface area contributed by atoms with Crippen LogP contribution in [0.1, 0.15) is 16.7 Å². The summed E-state index contributed by atoms with van der Waals surface area (Å²) < 4.78 is 5.22. The quantitative estimate of drug-likeness (QED) is 0.857. The van der Waals surface area contributed by atoms with E-state index in [2.05, 4.69) is 37.4 Å². The molecule has 0 saturated carbocycles. The van der Waals surface area contributed by atoms with Crippen LogP contribution >= 0.6 is 0 Å². The maximum atomic E-state index is 10.6. The van der Waals surface area contributed by atoms with Crippen molar-refractivity contribution in [3.8, 4) is 5.75 Å². The summed E-state index contributed by atoms with van der Waals surface area (Å²) in [7, 11) is 0. The zero-order chi connectivity index (χ0) is 15.2. The predicted molar refractivity (Wildman–Crippen MR) is 84.4 cm³/mol. The fourth-order valence-electron chi connectivity index (χ4n) is 2.14. The molecule has 0 unspecified atom stereocenters. The molecule has 0 aliphatic carbocycles. The highest BCUT2D eigenvalue weighted by Crippen LogP contribution is 2.16. The largest absolute Gasteiger partial charge is 0.484 e. The highest BCUT2D eigenvalue weighted by Gasteiger charge is 1.99. The standard InChI is InChI=1S/C17H20N2O2/c1-12-7-13(2)9-15(8-12)19-10-14-3-5-16(6-4-14)21-11-17(18)20/h3-9,19H,10-11H2,1-2H3,(H2,18,20). The van der Waals surface area contributed by atoms with Gasteiger partial charge in [0, 0.05) is 12.2 Å². The van der Waals surface area contributed by atoms with Crippen molar-refractivity contribution in [3.05, 3.63) is 59.2 Å². The summed E-state index contributed by atoms with van der Waals surface area (Å²) >= 11 is 0. The van der Waals surface area contributed by atoms with Gasteiger partial charge in [0.05, 0.1) is 0 Å². The van der Waals surface area contributed by atoms with Crippen LogP contribution in [-0.4, -0.2) is 12.5 Å². The molecular formula is C17H20N2O2. The number of nitrogens with one attached hydrogen (secondary N) is 1. The molecule has 0 fully saturated rings. The van der Waals surface area contributed by atoms with Crippen LogP contribution in [0.3, 0.4) is 0 Å². The summed E-state index contributed by atoms with van der Waals surface area (Å²) in [4.78, 5) is 10.6. The Hall–Kier alpha value is -2.49. The average Bonchev–Trinajstić information content (AvgIpc) is 2.43. The summed E-state index contributed by atoms with van der Waals surface area (Å²) in [5.41, 5.74) is 9.77. The molecule has 4 nitrogen and oxygen atoms in total. The Morgan fingerprint density at radius 1 is 1.10 bits per heavy atom. The number of ether oxygens (including phenoxy) is 1. The van der Waals surface area contributed by atoms with E-state index in [1.54, 1.807) is 0 Å². The molecule has 2 aromatic carbocycles. The number of rotatable bonds is 6. The molecule has 0 spiro atoms. The average molecular weight is 284 g/mol. The van der Waals surface area contributed by atoms with Gasteiger partial charge in [-0.05, 0) is 54.8 Å². The number of carbonyl (C=O) groups excluding carboxylic acids is 1. The molecular weight excluding hydrogens is 264 g/mol. The van der Waals surface area contributed by atoms with Crippen molar-refractivity contribution >= 4 is 11.6 Å². The molecule has 0 aromatic heterocycles. The van der Waals surface area contributed by atoms with Gasteiger partial charge >= 0.3 is 0 Å². The molecule has 0 atom stereocenters. The summed E-state index contributed by atoms with van der Waals surface area (Å²) in [5, 5.41) is 3.40. The number of carbonyl (C=O) groups is 1. The van der Waals surface area contributed by atoms with E-state index in [9.17, 15) is 4.79 Å². The van der Waals surface area contributed by atoms with Crippen LogP contribution < -0.4 is 15.8 Å². The molecule has 4 heteroatoms. The predicted octanol–water partition coefficient (Wildman–Crippen LogP) is 2.78. The molecule has 21 heavy (non-hydrogen) atoms. The Morgan fingerprint density at radius 2 is 1.71 bits per heavy atom. The third-order valence-electron chi connectivity index (χ3n) is 3.02. The first kappa shape index (κ1) is 14.9. The Labute approximate surface area is 124 Å². The van der Waals surface area contributed by atoms with Crippen LogP contribution in [0.15, 0.2) is 42.5 Å². The van der Waals surface area contributed by atoms with Gasteiger partial charge in [-0.15, -0.1) is 0 Å². The summed E-state index contributed by atoms with van der Waals surface area (Å²) in [6.07, 6.45) is 0. The lowest BCUT2D eigenvalue weighted by Crippen LogP contribution is -2.19. The van der Waals surface area contributed by atoms with Crippen LogP contribution in [0.4, 0.5) is 5.69 Å². The molecule has 0 aliphatic rings. The summed E-state index contributed by atoms with van der Waals surface area (Å²) in [6, 6.07) is 14.0. The lowest BCUT2D eigenvalue weighted by Gasteiger charge is -2.09. The number of nitrogens with two attached hydrogens (primary N) is 1. The van der Waals surface area contributed by atoms with E-state index in [1.807, 2.05) is 24.3 Å². The second-order valence-electron chi connectivity index (χ2n) is 5.13. The smallest absolute Gasteiger partial charge is 0.255 e. The van der Waals surface area contributed by atoms with Gasteiger partial charge in [0.1, 0.15) is 5.75 Å². The summed E-state index contributed by atoms with van der Waals surface area (Å²) in [6.45, 7) is 4.81. The van der Waals surface area contributed by atoms with E-state index >= 15 is 0 Å². The van der Waals surface area contributed by atoms with E-state index in [4.69, 9.17) is 10.5 Å². The molecule has 0 saturated heterocycles. The number of anilines is 1. The minimum Gasteiger partial charge on any atom is -0.484 e. The first-order valence-electron chi connectivity index (χ1n) is 6.85.